The molecule has 188 valence electrons. The van der Waals surface area contributed by atoms with Crippen LogP contribution >= 0.6 is 0 Å². The molecule has 0 atom stereocenters. The lowest BCUT2D eigenvalue weighted by Crippen LogP contribution is -2.27. The SMILES string of the molecule is CCn1c(=O)c(CCC(=O)Nc2ccc(OC(F)(F)F)cc2)nc2c(C)nn(-c3ccc(C)cc3)c21. The van der Waals surface area contributed by atoms with Crippen LogP contribution in [0.1, 0.15) is 30.3 Å². The van der Waals surface area contributed by atoms with E-state index in [1.54, 1.807) is 9.25 Å². The number of carbonyl (C=O) groups excluding carboxylic acids is 1. The Morgan fingerprint density at radius 3 is 2.33 bits per heavy atom. The Kier molecular flexibility index (Phi) is 6.82. The molecule has 1 N–H and O–H groups in total. The number of nitrogens with zero attached hydrogens (tertiary/aromatic N) is 4. The first-order chi connectivity index (χ1) is 17.1. The van der Waals surface area contributed by atoms with Crippen LogP contribution in [0.5, 0.6) is 5.75 Å². The zero-order valence-electron chi connectivity index (χ0n) is 19.9. The molecule has 2 heterocycles. The lowest BCUT2D eigenvalue weighted by Gasteiger charge is -2.11. The molecule has 0 radical (unpaired) electrons. The number of hydrogen-bond acceptors (Lipinski definition) is 5. The van der Waals surface area contributed by atoms with E-state index >= 15 is 0 Å². The van der Waals surface area contributed by atoms with Crippen molar-refractivity contribution < 1.29 is 22.7 Å². The van der Waals surface area contributed by atoms with Crippen molar-refractivity contribution >= 4 is 22.8 Å². The smallest absolute Gasteiger partial charge is 0.406 e. The number of carbonyl (C=O) groups is 1. The molecule has 0 saturated heterocycles. The van der Waals surface area contributed by atoms with E-state index < -0.39 is 12.3 Å². The van der Waals surface area contributed by atoms with Crippen molar-refractivity contribution in [3.8, 4) is 11.4 Å². The average molecular weight is 499 g/mol. The fraction of sp³-hybridized carbons (Fsp3) is 0.280. The second kappa shape index (κ2) is 9.84. The van der Waals surface area contributed by atoms with Crippen molar-refractivity contribution in [3.63, 3.8) is 0 Å². The minimum atomic E-state index is -4.79. The van der Waals surface area contributed by atoms with Gasteiger partial charge in [0.05, 0.1) is 11.4 Å². The number of hydrogen-bond donors (Lipinski definition) is 1. The normalized spacial score (nSPS) is 11.6. The van der Waals surface area contributed by atoms with Gasteiger partial charge in [0.2, 0.25) is 5.91 Å². The van der Waals surface area contributed by atoms with Crippen LogP contribution in [0.15, 0.2) is 53.3 Å². The molecule has 0 bridgehead atoms. The maximum Gasteiger partial charge on any atom is 0.573 e. The lowest BCUT2D eigenvalue weighted by atomic mass is 10.2. The van der Waals surface area contributed by atoms with Crippen LogP contribution in [0.4, 0.5) is 18.9 Å². The van der Waals surface area contributed by atoms with Gasteiger partial charge in [-0.1, -0.05) is 17.7 Å². The molecule has 0 saturated carbocycles. The molecule has 0 fully saturated rings. The number of nitrogens with one attached hydrogen (secondary N) is 1. The molecule has 8 nitrogen and oxygen atoms in total. The van der Waals surface area contributed by atoms with E-state index in [9.17, 15) is 22.8 Å². The van der Waals surface area contributed by atoms with Gasteiger partial charge in [0.25, 0.3) is 5.56 Å². The molecular formula is C25H24F3N5O3. The third kappa shape index (κ3) is 5.40. The summed E-state index contributed by atoms with van der Waals surface area (Å²) in [4.78, 5) is 30.2. The Bertz CT molecular complexity index is 1460. The van der Waals surface area contributed by atoms with Crippen LogP contribution in [0.25, 0.3) is 16.9 Å². The van der Waals surface area contributed by atoms with Crippen molar-refractivity contribution in [1.82, 2.24) is 19.3 Å². The van der Waals surface area contributed by atoms with Crippen molar-refractivity contribution in [1.29, 1.82) is 0 Å². The predicted molar refractivity (Wildman–Crippen MR) is 128 cm³/mol. The molecule has 0 aliphatic rings. The summed E-state index contributed by atoms with van der Waals surface area (Å²) in [5.41, 5.74) is 3.95. The minimum absolute atomic E-state index is 0.0383. The summed E-state index contributed by atoms with van der Waals surface area (Å²) in [6.45, 7) is 6.04. The van der Waals surface area contributed by atoms with E-state index in [1.165, 1.54) is 12.1 Å². The van der Waals surface area contributed by atoms with E-state index in [0.717, 1.165) is 23.4 Å². The Labute approximate surface area is 204 Å². The van der Waals surface area contributed by atoms with Crippen LogP contribution in [0.2, 0.25) is 0 Å². The predicted octanol–water partition coefficient (Wildman–Crippen LogP) is 4.69. The fourth-order valence-electron chi connectivity index (χ4n) is 3.83. The number of halogens is 3. The van der Waals surface area contributed by atoms with Crippen LogP contribution in [-0.2, 0) is 17.8 Å². The molecule has 2 aromatic heterocycles. The van der Waals surface area contributed by atoms with Crippen molar-refractivity contribution in [3.05, 3.63) is 75.8 Å². The molecule has 4 aromatic rings. The third-order valence-corrected chi connectivity index (χ3v) is 5.55. The number of ether oxygens (including phenoxy) is 1. The number of rotatable bonds is 7. The molecule has 36 heavy (non-hydrogen) atoms. The van der Waals surface area contributed by atoms with E-state index in [4.69, 9.17) is 0 Å². The zero-order valence-corrected chi connectivity index (χ0v) is 19.9. The Morgan fingerprint density at radius 1 is 1.06 bits per heavy atom. The highest BCUT2D eigenvalue weighted by atomic mass is 19.4. The molecule has 1 amide bonds. The lowest BCUT2D eigenvalue weighted by molar-refractivity contribution is -0.274. The number of amides is 1. The van der Waals surface area contributed by atoms with Crippen molar-refractivity contribution in [2.75, 3.05) is 5.32 Å². The highest BCUT2D eigenvalue weighted by Gasteiger charge is 2.31. The summed E-state index contributed by atoms with van der Waals surface area (Å²) in [6, 6.07) is 12.6. The van der Waals surface area contributed by atoms with Crippen molar-refractivity contribution in [2.24, 2.45) is 0 Å². The first-order valence-electron chi connectivity index (χ1n) is 11.3. The zero-order chi connectivity index (χ0) is 26.0. The van der Waals surface area contributed by atoms with E-state index in [-0.39, 0.29) is 29.8 Å². The summed E-state index contributed by atoms with van der Waals surface area (Å²) in [5.74, 6) is -0.796. The van der Waals surface area contributed by atoms with E-state index in [2.05, 4.69) is 20.1 Å². The van der Waals surface area contributed by atoms with Gasteiger partial charge < -0.3 is 10.1 Å². The van der Waals surface area contributed by atoms with Gasteiger partial charge in [0, 0.05) is 25.1 Å². The molecule has 11 heteroatoms. The van der Waals surface area contributed by atoms with Gasteiger partial charge in [-0.2, -0.15) is 5.10 Å². The number of anilines is 1. The standard InChI is InChI=1S/C25H24F3N5O3/c1-4-32-23-22(16(3)31-33(23)18-9-5-15(2)6-10-18)30-20(24(32)35)13-14-21(34)29-17-7-11-19(12-8-17)36-25(26,27)28/h5-12H,4,13-14H2,1-3H3,(H,29,34). The van der Waals surface area contributed by atoms with Gasteiger partial charge in [-0.05, 0) is 57.2 Å². The summed E-state index contributed by atoms with van der Waals surface area (Å²) < 4.78 is 44.0. The van der Waals surface area contributed by atoms with E-state index in [0.29, 0.717) is 29.1 Å². The van der Waals surface area contributed by atoms with Gasteiger partial charge in [0.1, 0.15) is 17.0 Å². The largest absolute Gasteiger partial charge is 0.573 e. The second-order valence-corrected chi connectivity index (χ2v) is 8.23. The molecular weight excluding hydrogens is 475 g/mol. The number of aryl methyl sites for hydroxylation is 4. The van der Waals surface area contributed by atoms with Crippen LogP contribution < -0.4 is 15.6 Å². The summed E-state index contributed by atoms with van der Waals surface area (Å²) in [5, 5.41) is 7.20. The molecule has 0 aliphatic heterocycles. The monoisotopic (exact) mass is 499 g/mol. The summed E-state index contributed by atoms with van der Waals surface area (Å²) >= 11 is 0. The molecule has 2 aromatic carbocycles. The Balaban J connectivity index is 1.54. The Morgan fingerprint density at radius 2 is 1.72 bits per heavy atom. The van der Waals surface area contributed by atoms with Crippen molar-refractivity contribution in [2.45, 2.75) is 46.5 Å². The number of benzene rings is 2. The molecule has 0 unspecified atom stereocenters. The molecule has 4 rings (SSSR count). The highest BCUT2D eigenvalue weighted by molar-refractivity contribution is 5.90. The maximum absolute atomic E-state index is 13.2. The topological polar surface area (TPSA) is 91.0 Å². The van der Waals surface area contributed by atoms with Gasteiger partial charge in [-0.25, -0.2) is 9.67 Å². The first-order valence-corrected chi connectivity index (χ1v) is 11.3. The number of fused-ring (bicyclic) bond motifs is 1. The van der Waals surface area contributed by atoms with Gasteiger partial charge >= 0.3 is 6.36 Å². The highest BCUT2D eigenvalue weighted by Crippen LogP contribution is 2.24. The van der Waals surface area contributed by atoms with Crippen LogP contribution in [0.3, 0.4) is 0 Å². The second-order valence-electron chi connectivity index (χ2n) is 8.23. The van der Waals surface area contributed by atoms with Gasteiger partial charge in [0.15, 0.2) is 5.65 Å². The fourth-order valence-corrected chi connectivity index (χ4v) is 3.83. The molecule has 0 spiro atoms. The summed E-state index contributed by atoms with van der Waals surface area (Å²) in [6.07, 6.45) is -4.74. The first kappa shape index (κ1) is 25.0. The van der Waals surface area contributed by atoms with Gasteiger partial charge in [-0.15, -0.1) is 13.2 Å². The molecule has 0 aliphatic carbocycles. The van der Waals surface area contributed by atoms with Gasteiger partial charge in [-0.3, -0.25) is 14.2 Å². The third-order valence-electron chi connectivity index (χ3n) is 5.55. The maximum atomic E-state index is 13.2. The van der Waals surface area contributed by atoms with E-state index in [1.807, 2.05) is 45.0 Å². The van der Waals surface area contributed by atoms with Crippen LogP contribution in [0, 0.1) is 13.8 Å². The number of aromatic nitrogens is 4. The average Bonchev–Trinajstić information content (AvgIpc) is 3.14. The Hall–Kier alpha value is -4.15. The summed E-state index contributed by atoms with van der Waals surface area (Å²) in [7, 11) is 0. The quantitative estimate of drug-likeness (QED) is 0.399. The van der Waals surface area contributed by atoms with Crippen LogP contribution in [-0.4, -0.2) is 31.6 Å². The minimum Gasteiger partial charge on any atom is -0.406 e. The number of alkyl halides is 3.